The molecule has 3 nitrogen and oxygen atoms in total. The van der Waals surface area contributed by atoms with Crippen LogP contribution < -0.4 is 5.63 Å². The fourth-order valence-corrected chi connectivity index (χ4v) is 2.51. The van der Waals surface area contributed by atoms with Crippen LogP contribution in [0.2, 0.25) is 0 Å². The molecule has 3 heteroatoms. The zero-order valence-corrected chi connectivity index (χ0v) is 11.1. The van der Waals surface area contributed by atoms with Gasteiger partial charge in [-0.15, -0.1) is 0 Å². The van der Waals surface area contributed by atoms with Crippen molar-refractivity contribution in [3.05, 3.63) is 77.2 Å². The number of hydrogen-bond acceptors (Lipinski definition) is 3. The summed E-state index contributed by atoms with van der Waals surface area (Å²) < 4.78 is 5.54. The van der Waals surface area contributed by atoms with Crippen molar-refractivity contribution >= 4 is 21.9 Å². The summed E-state index contributed by atoms with van der Waals surface area (Å²) in [5.41, 5.74) is 1.93. The molecular formula is C18H11NO2. The van der Waals surface area contributed by atoms with Gasteiger partial charge < -0.3 is 4.42 Å². The highest BCUT2D eigenvalue weighted by molar-refractivity contribution is 6.02. The molecule has 0 saturated heterocycles. The smallest absolute Gasteiger partial charge is 0.363 e. The minimum Gasteiger partial charge on any atom is -0.419 e. The number of hydrogen-bond donors (Lipinski definition) is 0. The first kappa shape index (κ1) is 11.9. The second kappa shape index (κ2) is 4.56. The standard InChI is InChI=1S/C18H11NO2/c20-18-16(13-7-2-1-3-8-13)19-15-11-10-12-6-4-5-9-14(12)17(15)21-18/h1-11H. The molecule has 0 aliphatic rings. The number of aromatic nitrogens is 1. The minimum absolute atomic E-state index is 0.346. The molecule has 1 aromatic heterocycles. The zero-order chi connectivity index (χ0) is 14.2. The fourth-order valence-electron chi connectivity index (χ4n) is 2.51. The number of benzene rings is 3. The largest absolute Gasteiger partial charge is 0.419 e. The molecule has 1 heterocycles. The Morgan fingerprint density at radius 2 is 1.57 bits per heavy atom. The van der Waals surface area contributed by atoms with E-state index >= 15 is 0 Å². The summed E-state index contributed by atoms with van der Waals surface area (Å²) in [4.78, 5) is 16.7. The van der Waals surface area contributed by atoms with Crippen LogP contribution in [0.4, 0.5) is 0 Å². The molecule has 4 rings (SSSR count). The Labute approximate surface area is 120 Å². The molecule has 0 saturated carbocycles. The van der Waals surface area contributed by atoms with Crippen molar-refractivity contribution in [2.45, 2.75) is 0 Å². The summed E-state index contributed by atoms with van der Waals surface area (Å²) >= 11 is 0. The van der Waals surface area contributed by atoms with Gasteiger partial charge in [0.2, 0.25) is 0 Å². The Morgan fingerprint density at radius 3 is 2.43 bits per heavy atom. The lowest BCUT2D eigenvalue weighted by atomic mass is 10.1. The molecule has 0 spiro atoms. The van der Waals surface area contributed by atoms with Gasteiger partial charge in [-0.05, 0) is 11.5 Å². The van der Waals surface area contributed by atoms with Crippen LogP contribution in [-0.4, -0.2) is 4.98 Å². The van der Waals surface area contributed by atoms with Crippen LogP contribution in [0.5, 0.6) is 0 Å². The summed E-state index contributed by atoms with van der Waals surface area (Å²) in [6.07, 6.45) is 0. The monoisotopic (exact) mass is 273 g/mol. The lowest BCUT2D eigenvalue weighted by Gasteiger charge is -2.04. The van der Waals surface area contributed by atoms with Crippen molar-refractivity contribution in [1.82, 2.24) is 4.98 Å². The fraction of sp³-hybridized carbons (Fsp3) is 0. The predicted octanol–water partition coefficient (Wildman–Crippen LogP) is 4.01. The van der Waals surface area contributed by atoms with Crippen LogP contribution in [0.3, 0.4) is 0 Å². The second-order valence-electron chi connectivity index (χ2n) is 4.85. The maximum absolute atomic E-state index is 12.2. The first-order chi connectivity index (χ1) is 10.3. The highest BCUT2D eigenvalue weighted by Gasteiger charge is 2.11. The molecule has 0 aliphatic heterocycles. The normalized spacial score (nSPS) is 11.0. The second-order valence-corrected chi connectivity index (χ2v) is 4.85. The van der Waals surface area contributed by atoms with Crippen molar-refractivity contribution in [3.63, 3.8) is 0 Å². The van der Waals surface area contributed by atoms with E-state index in [1.807, 2.05) is 66.7 Å². The maximum Gasteiger partial charge on any atom is 0.363 e. The summed E-state index contributed by atoms with van der Waals surface area (Å²) in [7, 11) is 0. The van der Waals surface area contributed by atoms with Crippen LogP contribution >= 0.6 is 0 Å². The number of nitrogens with zero attached hydrogens (tertiary/aromatic N) is 1. The molecule has 0 amide bonds. The maximum atomic E-state index is 12.2. The van der Waals surface area contributed by atoms with Crippen LogP contribution in [-0.2, 0) is 0 Å². The summed E-state index contributed by atoms with van der Waals surface area (Å²) in [5.74, 6) is 0. The SMILES string of the molecule is O=c1oc2c(ccc3ccccc32)nc1-c1ccccc1. The molecule has 4 aromatic rings. The molecule has 0 radical (unpaired) electrons. The Bertz CT molecular complexity index is 1000. The van der Waals surface area contributed by atoms with Gasteiger partial charge in [-0.25, -0.2) is 9.78 Å². The van der Waals surface area contributed by atoms with Gasteiger partial charge in [0.15, 0.2) is 11.3 Å². The van der Waals surface area contributed by atoms with E-state index in [2.05, 4.69) is 4.98 Å². The van der Waals surface area contributed by atoms with Crippen molar-refractivity contribution < 1.29 is 4.42 Å². The Kier molecular flexibility index (Phi) is 2.57. The van der Waals surface area contributed by atoms with Crippen molar-refractivity contribution in [3.8, 4) is 11.3 Å². The first-order valence-corrected chi connectivity index (χ1v) is 6.71. The number of fused-ring (bicyclic) bond motifs is 3. The average molecular weight is 273 g/mol. The molecule has 0 unspecified atom stereocenters. The molecular weight excluding hydrogens is 262 g/mol. The van der Waals surface area contributed by atoms with E-state index < -0.39 is 5.63 Å². The van der Waals surface area contributed by atoms with Crippen molar-refractivity contribution in [1.29, 1.82) is 0 Å². The van der Waals surface area contributed by atoms with E-state index in [-0.39, 0.29) is 0 Å². The highest BCUT2D eigenvalue weighted by Crippen LogP contribution is 2.24. The van der Waals surface area contributed by atoms with Crippen molar-refractivity contribution in [2.75, 3.05) is 0 Å². The van der Waals surface area contributed by atoms with Gasteiger partial charge in [-0.1, -0.05) is 60.7 Å². The lowest BCUT2D eigenvalue weighted by molar-refractivity contribution is 0.561. The van der Waals surface area contributed by atoms with Gasteiger partial charge in [0.25, 0.3) is 0 Å². The van der Waals surface area contributed by atoms with Crippen molar-refractivity contribution in [2.24, 2.45) is 0 Å². The molecule has 0 N–H and O–H groups in total. The highest BCUT2D eigenvalue weighted by atomic mass is 16.4. The first-order valence-electron chi connectivity index (χ1n) is 6.71. The van der Waals surface area contributed by atoms with Gasteiger partial charge in [0.05, 0.1) is 0 Å². The van der Waals surface area contributed by atoms with E-state index in [0.717, 1.165) is 16.3 Å². The van der Waals surface area contributed by atoms with Crippen LogP contribution in [0.1, 0.15) is 0 Å². The molecule has 3 aromatic carbocycles. The third-order valence-electron chi connectivity index (χ3n) is 3.53. The summed E-state index contributed by atoms with van der Waals surface area (Å²) in [5, 5.41) is 1.93. The quantitative estimate of drug-likeness (QED) is 0.492. The van der Waals surface area contributed by atoms with E-state index in [1.54, 1.807) is 0 Å². The van der Waals surface area contributed by atoms with Gasteiger partial charge in [0.1, 0.15) is 5.52 Å². The predicted molar refractivity (Wildman–Crippen MR) is 83.2 cm³/mol. The molecule has 21 heavy (non-hydrogen) atoms. The molecule has 0 fully saturated rings. The summed E-state index contributed by atoms with van der Waals surface area (Å²) in [6, 6.07) is 21.0. The van der Waals surface area contributed by atoms with E-state index in [4.69, 9.17) is 4.42 Å². The Morgan fingerprint density at radius 1 is 0.810 bits per heavy atom. The Hall–Kier alpha value is -2.94. The third kappa shape index (κ3) is 1.91. The van der Waals surface area contributed by atoms with Gasteiger partial charge in [0, 0.05) is 10.9 Å². The summed E-state index contributed by atoms with van der Waals surface area (Å²) in [6.45, 7) is 0. The van der Waals surface area contributed by atoms with Crippen LogP contribution in [0, 0.1) is 0 Å². The third-order valence-corrected chi connectivity index (χ3v) is 3.53. The molecule has 0 bridgehead atoms. The molecule has 100 valence electrons. The van der Waals surface area contributed by atoms with Gasteiger partial charge in [-0.2, -0.15) is 0 Å². The van der Waals surface area contributed by atoms with Gasteiger partial charge >= 0.3 is 5.63 Å². The average Bonchev–Trinajstić information content (AvgIpc) is 2.55. The van der Waals surface area contributed by atoms with Gasteiger partial charge in [-0.3, -0.25) is 0 Å². The van der Waals surface area contributed by atoms with Crippen LogP contribution in [0.15, 0.2) is 75.9 Å². The van der Waals surface area contributed by atoms with Crippen LogP contribution in [0.25, 0.3) is 33.1 Å². The lowest BCUT2D eigenvalue weighted by Crippen LogP contribution is -2.06. The Balaban J connectivity index is 2.08. The van der Waals surface area contributed by atoms with E-state index in [0.29, 0.717) is 16.8 Å². The molecule has 0 aliphatic carbocycles. The zero-order valence-electron chi connectivity index (χ0n) is 11.1. The number of rotatable bonds is 1. The van der Waals surface area contributed by atoms with E-state index in [9.17, 15) is 4.79 Å². The minimum atomic E-state index is -0.412. The molecule has 0 atom stereocenters. The van der Waals surface area contributed by atoms with E-state index in [1.165, 1.54) is 0 Å². The topological polar surface area (TPSA) is 43.1 Å².